The second-order valence-electron chi connectivity index (χ2n) is 6.44. The molecule has 1 aromatic heterocycles. The van der Waals surface area contributed by atoms with E-state index in [0.717, 1.165) is 42.9 Å². The third-order valence-corrected chi connectivity index (χ3v) is 4.58. The van der Waals surface area contributed by atoms with Crippen LogP contribution in [0.4, 0.5) is 0 Å². The first kappa shape index (κ1) is 16.3. The molecule has 0 radical (unpaired) electrons. The van der Waals surface area contributed by atoms with E-state index < -0.39 is 0 Å². The van der Waals surface area contributed by atoms with Crippen molar-refractivity contribution in [2.75, 3.05) is 6.54 Å². The molecular formula is C19H22N4O. The van der Waals surface area contributed by atoms with E-state index >= 15 is 0 Å². The molecule has 0 spiro atoms. The van der Waals surface area contributed by atoms with Crippen LogP contribution in [0.15, 0.2) is 30.3 Å². The summed E-state index contributed by atoms with van der Waals surface area (Å²) >= 11 is 0. The number of nitriles is 1. The third kappa shape index (κ3) is 3.33. The number of likely N-dealkylation sites (tertiary alicyclic amines) is 1. The Bertz CT molecular complexity index is 787. The predicted octanol–water partition coefficient (Wildman–Crippen LogP) is 2.87. The Hall–Kier alpha value is -2.61. The predicted molar refractivity (Wildman–Crippen MR) is 91.5 cm³/mol. The fraction of sp³-hybridized carbons (Fsp3) is 0.421. The van der Waals surface area contributed by atoms with Gasteiger partial charge in [-0.3, -0.25) is 9.48 Å². The second kappa shape index (κ2) is 6.88. The molecule has 3 rings (SSSR count). The number of carbonyl (C=O) groups excluding carboxylic acids is 1. The van der Waals surface area contributed by atoms with Gasteiger partial charge < -0.3 is 4.90 Å². The molecule has 2 aromatic rings. The lowest BCUT2D eigenvalue weighted by Crippen LogP contribution is -2.38. The third-order valence-electron chi connectivity index (χ3n) is 4.58. The van der Waals surface area contributed by atoms with Gasteiger partial charge in [0.1, 0.15) is 0 Å². The Morgan fingerprint density at radius 1 is 1.38 bits per heavy atom. The van der Waals surface area contributed by atoms with Gasteiger partial charge in [0, 0.05) is 17.8 Å². The van der Waals surface area contributed by atoms with Crippen LogP contribution < -0.4 is 0 Å². The van der Waals surface area contributed by atoms with Gasteiger partial charge in [0.05, 0.1) is 30.8 Å². The summed E-state index contributed by atoms with van der Waals surface area (Å²) in [5.74, 6) is 0.0545. The zero-order chi connectivity index (χ0) is 17.1. The van der Waals surface area contributed by atoms with Crippen LogP contribution in [-0.2, 0) is 13.0 Å². The highest BCUT2D eigenvalue weighted by Crippen LogP contribution is 2.22. The maximum atomic E-state index is 12.9. The van der Waals surface area contributed by atoms with Crippen LogP contribution in [0, 0.1) is 25.2 Å². The van der Waals surface area contributed by atoms with E-state index in [4.69, 9.17) is 5.26 Å². The average molecular weight is 322 g/mol. The van der Waals surface area contributed by atoms with Gasteiger partial charge in [0.2, 0.25) is 0 Å². The lowest BCUT2D eigenvalue weighted by molar-refractivity contribution is 0.0721. The Morgan fingerprint density at radius 3 is 2.92 bits per heavy atom. The Labute approximate surface area is 142 Å². The first-order chi connectivity index (χ1) is 11.6. The van der Waals surface area contributed by atoms with E-state index in [0.29, 0.717) is 12.0 Å². The molecule has 0 aliphatic carbocycles. The van der Waals surface area contributed by atoms with E-state index in [1.165, 1.54) is 0 Å². The molecule has 5 heteroatoms. The largest absolute Gasteiger partial charge is 0.334 e. The molecule has 0 unspecified atom stereocenters. The maximum absolute atomic E-state index is 12.9. The zero-order valence-corrected chi connectivity index (χ0v) is 14.2. The van der Waals surface area contributed by atoms with Crippen molar-refractivity contribution in [2.45, 2.75) is 45.7 Å². The molecular weight excluding hydrogens is 300 g/mol. The molecule has 124 valence electrons. The second-order valence-corrected chi connectivity index (χ2v) is 6.44. The Kier molecular flexibility index (Phi) is 4.66. The number of aromatic nitrogens is 2. The SMILES string of the molecule is Cc1cc(C)n(C[C@@H]2CCCN2C(=O)c2cccc(CC#N)c2)n1. The Balaban J connectivity index is 1.77. The van der Waals surface area contributed by atoms with Crippen molar-refractivity contribution in [1.29, 1.82) is 5.26 Å². The highest BCUT2D eigenvalue weighted by Gasteiger charge is 2.30. The van der Waals surface area contributed by atoms with Gasteiger partial charge in [0.15, 0.2) is 0 Å². The van der Waals surface area contributed by atoms with E-state index in [-0.39, 0.29) is 11.9 Å². The normalized spacial score (nSPS) is 17.0. The quantitative estimate of drug-likeness (QED) is 0.869. The molecule has 1 amide bonds. The number of benzene rings is 1. The standard InChI is InChI=1S/C19H22N4O/c1-14-11-15(2)23(21-14)13-18-7-4-10-22(18)19(24)17-6-3-5-16(12-17)8-9-20/h3,5-6,11-12,18H,4,7-8,10,13H2,1-2H3/t18-/m0/s1. The van der Waals surface area contributed by atoms with Crippen molar-refractivity contribution in [3.8, 4) is 6.07 Å². The summed E-state index contributed by atoms with van der Waals surface area (Å²) in [5, 5.41) is 13.4. The minimum atomic E-state index is 0.0545. The number of carbonyl (C=O) groups is 1. The van der Waals surface area contributed by atoms with Crippen molar-refractivity contribution in [2.24, 2.45) is 0 Å². The van der Waals surface area contributed by atoms with Crippen molar-refractivity contribution in [3.63, 3.8) is 0 Å². The molecule has 1 aromatic carbocycles. The number of hydrogen-bond acceptors (Lipinski definition) is 3. The number of nitrogens with zero attached hydrogens (tertiary/aromatic N) is 4. The first-order valence-electron chi connectivity index (χ1n) is 8.36. The monoisotopic (exact) mass is 322 g/mol. The minimum Gasteiger partial charge on any atom is -0.334 e. The molecule has 2 heterocycles. The summed E-state index contributed by atoms with van der Waals surface area (Å²) in [5.41, 5.74) is 3.69. The summed E-state index contributed by atoms with van der Waals surface area (Å²) in [7, 11) is 0. The average Bonchev–Trinajstić information content (AvgIpc) is 3.14. The van der Waals surface area contributed by atoms with Crippen LogP contribution in [0.25, 0.3) is 0 Å². The van der Waals surface area contributed by atoms with Gasteiger partial charge in [-0.05, 0) is 50.5 Å². The van der Waals surface area contributed by atoms with Crippen LogP contribution in [0.1, 0.15) is 40.2 Å². The summed E-state index contributed by atoms with van der Waals surface area (Å²) in [6.45, 7) is 5.56. The van der Waals surface area contributed by atoms with Crippen LogP contribution in [-0.4, -0.2) is 33.2 Å². The molecule has 1 atom stereocenters. The summed E-state index contributed by atoms with van der Waals surface area (Å²) in [6, 6.07) is 11.8. The van der Waals surface area contributed by atoms with Crippen molar-refractivity contribution < 1.29 is 4.79 Å². The van der Waals surface area contributed by atoms with Crippen molar-refractivity contribution >= 4 is 5.91 Å². The van der Waals surface area contributed by atoms with E-state index in [1.54, 1.807) is 0 Å². The molecule has 0 N–H and O–H groups in total. The van der Waals surface area contributed by atoms with Gasteiger partial charge in [-0.15, -0.1) is 0 Å². The molecule has 24 heavy (non-hydrogen) atoms. The van der Waals surface area contributed by atoms with Crippen LogP contribution in [0.2, 0.25) is 0 Å². The lowest BCUT2D eigenvalue weighted by Gasteiger charge is -2.25. The van der Waals surface area contributed by atoms with Crippen LogP contribution in [0.5, 0.6) is 0 Å². The van der Waals surface area contributed by atoms with Crippen LogP contribution in [0.3, 0.4) is 0 Å². The summed E-state index contributed by atoms with van der Waals surface area (Å²) in [6.07, 6.45) is 2.35. The number of aryl methyl sites for hydroxylation is 2. The molecule has 0 saturated carbocycles. The fourth-order valence-corrected chi connectivity index (χ4v) is 3.42. The lowest BCUT2D eigenvalue weighted by atomic mass is 10.1. The van der Waals surface area contributed by atoms with Crippen molar-refractivity contribution in [3.05, 3.63) is 52.8 Å². The maximum Gasteiger partial charge on any atom is 0.254 e. The summed E-state index contributed by atoms with van der Waals surface area (Å²) in [4.78, 5) is 14.9. The Morgan fingerprint density at radius 2 is 2.21 bits per heavy atom. The first-order valence-corrected chi connectivity index (χ1v) is 8.36. The molecule has 1 aliphatic heterocycles. The van der Waals surface area contributed by atoms with Gasteiger partial charge in [-0.1, -0.05) is 12.1 Å². The minimum absolute atomic E-state index is 0.0545. The van der Waals surface area contributed by atoms with Gasteiger partial charge in [-0.25, -0.2) is 0 Å². The van der Waals surface area contributed by atoms with Gasteiger partial charge in [0.25, 0.3) is 5.91 Å². The van der Waals surface area contributed by atoms with E-state index in [9.17, 15) is 4.79 Å². The van der Waals surface area contributed by atoms with E-state index in [2.05, 4.69) is 17.2 Å². The molecule has 1 saturated heterocycles. The zero-order valence-electron chi connectivity index (χ0n) is 14.2. The summed E-state index contributed by atoms with van der Waals surface area (Å²) < 4.78 is 2.00. The highest BCUT2D eigenvalue weighted by molar-refractivity contribution is 5.94. The number of rotatable bonds is 4. The highest BCUT2D eigenvalue weighted by atomic mass is 16.2. The van der Waals surface area contributed by atoms with Crippen molar-refractivity contribution in [1.82, 2.24) is 14.7 Å². The van der Waals surface area contributed by atoms with Gasteiger partial charge in [-0.2, -0.15) is 10.4 Å². The van der Waals surface area contributed by atoms with Gasteiger partial charge >= 0.3 is 0 Å². The molecule has 1 aliphatic rings. The van der Waals surface area contributed by atoms with E-state index in [1.807, 2.05) is 47.7 Å². The molecule has 5 nitrogen and oxygen atoms in total. The number of hydrogen-bond donors (Lipinski definition) is 0. The fourth-order valence-electron chi connectivity index (χ4n) is 3.42. The molecule has 1 fully saturated rings. The molecule has 0 bridgehead atoms. The number of amides is 1. The topological polar surface area (TPSA) is 61.9 Å². The smallest absolute Gasteiger partial charge is 0.254 e. The van der Waals surface area contributed by atoms with Crippen LogP contribution >= 0.6 is 0 Å².